The minimum atomic E-state index is -1.35. The maximum absolute atomic E-state index is 12.3. The molecule has 27 heavy (non-hydrogen) atoms. The van der Waals surface area contributed by atoms with Crippen molar-refractivity contribution in [3.05, 3.63) is 10.6 Å². The number of rotatable bonds is 4. The molecular weight excluding hydrogens is 401 g/mol. The minimum Gasteiger partial charge on any atom is -0.543 e. The number of aliphatic hydroxyl groups is 1. The Morgan fingerprint density at radius 1 is 1.52 bits per heavy atom. The summed E-state index contributed by atoms with van der Waals surface area (Å²) in [5.41, 5.74) is 5.58. The third-order valence-corrected chi connectivity index (χ3v) is 7.83. The van der Waals surface area contributed by atoms with E-state index in [2.05, 4.69) is 10.1 Å². The summed E-state index contributed by atoms with van der Waals surface area (Å²) in [4.78, 5) is 30.1. The van der Waals surface area contributed by atoms with E-state index in [4.69, 9.17) is 5.73 Å². The van der Waals surface area contributed by atoms with Crippen molar-refractivity contribution in [2.24, 2.45) is 11.8 Å². The molecule has 1 amide bonds. The Morgan fingerprint density at radius 2 is 2.22 bits per heavy atom. The first-order chi connectivity index (χ1) is 12.3. The normalized spacial score (nSPS) is 30.3. The van der Waals surface area contributed by atoms with Gasteiger partial charge in [0.15, 0.2) is 5.16 Å². The molecule has 3 aliphatic rings. The number of aromatic nitrogens is 3. The third-order valence-electron chi connectivity index (χ3n) is 5.02. The second-order valence-electron chi connectivity index (χ2n) is 6.74. The number of nitrogens with two attached hydrogens (primary N) is 1. The van der Waals surface area contributed by atoms with Crippen LogP contribution >= 0.6 is 23.5 Å². The van der Waals surface area contributed by atoms with E-state index < -0.39 is 18.0 Å². The number of hydrogen-bond acceptors (Lipinski definition) is 9. The van der Waals surface area contributed by atoms with E-state index >= 15 is 0 Å². The first-order valence-electron chi connectivity index (χ1n) is 8.26. The number of hydrogen-bond donors (Lipinski definition) is 2. The number of amides is 1. The molecule has 0 bridgehead atoms. The van der Waals surface area contributed by atoms with Gasteiger partial charge in [-0.15, -0.1) is 16.9 Å². The van der Waals surface area contributed by atoms with Crippen LogP contribution in [-0.4, -0.2) is 59.8 Å². The Hall–Kier alpha value is -0.720. The largest absolute Gasteiger partial charge is 1.00 e. The zero-order chi connectivity index (χ0) is 18.7. The van der Waals surface area contributed by atoms with Crippen LogP contribution in [0, 0.1) is 11.8 Å². The molecule has 0 saturated carbocycles. The third kappa shape index (κ3) is 3.32. The monoisotopic (exact) mass is 419 g/mol. The Morgan fingerprint density at radius 3 is 2.85 bits per heavy atom. The molecule has 140 valence electrons. The summed E-state index contributed by atoms with van der Waals surface area (Å²) in [5.74, 6) is -1.49. The molecule has 1 aromatic rings. The average molecular weight is 419 g/mol. The van der Waals surface area contributed by atoms with E-state index in [-0.39, 0.29) is 64.3 Å². The Labute approximate surface area is 186 Å². The number of β-lactam (4-membered cyclic amide) rings is 1. The van der Waals surface area contributed by atoms with Crippen molar-refractivity contribution in [1.29, 1.82) is 0 Å². The molecule has 3 aliphatic heterocycles. The van der Waals surface area contributed by atoms with Crippen LogP contribution < -0.4 is 40.4 Å². The number of carboxylic acid groups (broad SMARTS) is 1. The van der Waals surface area contributed by atoms with Crippen LogP contribution in [0.1, 0.15) is 13.8 Å². The summed E-state index contributed by atoms with van der Waals surface area (Å²) in [6.07, 6.45) is -0.815. The molecule has 0 spiro atoms. The summed E-state index contributed by atoms with van der Waals surface area (Å²) in [7, 11) is 0. The van der Waals surface area contributed by atoms with Gasteiger partial charge in [0.2, 0.25) is 11.9 Å². The average Bonchev–Trinajstić information content (AvgIpc) is 3.03. The summed E-state index contributed by atoms with van der Waals surface area (Å²) < 4.78 is 1.72. The van der Waals surface area contributed by atoms with Gasteiger partial charge >= 0.3 is 29.6 Å². The van der Waals surface area contributed by atoms with Crippen LogP contribution in [0.5, 0.6) is 0 Å². The van der Waals surface area contributed by atoms with Gasteiger partial charge in [-0.05, 0) is 6.92 Å². The topological polar surface area (TPSA) is 137 Å². The zero-order valence-electron chi connectivity index (χ0n) is 15.2. The first kappa shape index (κ1) is 21.0. The summed E-state index contributed by atoms with van der Waals surface area (Å²) in [6.45, 7) is 4.02. The van der Waals surface area contributed by atoms with E-state index in [1.807, 2.05) is 6.92 Å². The smallest absolute Gasteiger partial charge is 0.543 e. The number of thioether (sulfide) groups is 2. The van der Waals surface area contributed by atoms with E-state index in [1.54, 1.807) is 11.6 Å². The summed E-state index contributed by atoms with van der Waals surface area (Å²) in [5, 5.41) is 26.6. The molecule has 3 N–H and O–H groups in total. The zero-order valence-corrected chi connectivity index (χ0v) is 18.8. The van der Waals surface area contributed by atoms with Crippen LogP contribution in [0.15, 0.2) is 15.8 Å². The van der Waals surface area contributed by atoms with Gasteiger partial charge in [-0.3, -0.25) is 4.79 Å². The number of aliphatic hydroxyl groups excluding tert-OH is 1. The van der Waals surface area contributed by atoms with Gasteiger partial charge in [0.25, 0.3) is 0 Å². The van der Waals surface area contributed by atoms with Crippen molar-refractivity contribution in [2.75, 3.05) is 11.5 Å². The number of carbonyl (C=O) groups excluding carboxylic acids is 2. The molecular formula is C15H18N5NaO4S2. The Bertz CT molecular complexity index is 829. The molecule has 4 rings (SSSR count). The second kappa shape index (κ2) is 7.60. The van der Waals surface area contributed by atoms with Gasteiger partial charge in [-0.2, -0.15) is 4.98 Å². The predicted octanol–water partition coefficient (Wildman–Crippen LogP) is -4.11. The SMILES string of the molecule is C[C@@H](O)[C@H]1C(=O)N2C(C(=O)[O-])=C(SC3CSc4nc(N)nn4C3)[C@H](C)[C@H]12.[Na+]. The van der Waals surface area contributed by atoms with E-state index in [9.17, 15) is 19.8 Å². The van der Waals surface area contributed by atoms with Gasteiger partial charge in [-0.1, -0.05) is 18.7 Å². The van der Waals surface area contributed by atoms with Gasteiger partial charge < -0.3 is 25.6 Å². The van der Waals surface area contributed by atoms with Crippen LogP contribution in [0.4, 0.5) is 5.95 Å². The predicted molar refractivity (Wildman–Crippen MR) is 93.5 cm³/mol. The number of nitrogen functional groups attached to an aromatic ring is 1. The summed E-state index contributed by atoms with van der Waals surface area (Å²) in [6, 6.07) is -0.327. The molecule has 1 unspecified atom stereocenters. The van der Waals surface area contributed by atoms with Crippen molar-refractivity contribution in [2.45, 2.75) is 42.9 Å². The molecule has 1 saturated heterocycles. The maximum atomic E-state index is 12.3. The molecule has 12 heteroatoms. The molecule has 0 radical (unpaired) electrons. The van der Waals surface area contributed by atoms with Crippen molar-refractivity contribution in [3.8, 4) is 0 Å². The van der Waals surface area contributed by atoms with Gasteiger partial charge in [0.05, 0.1) is 36.3 Å². The fourth-order valence-corrected chi connectivity index (χ4v) is 6.46. The van der Waals surface area contributed by atoms with Crippen LogP contribution in [-0.2, 0) is 16.1 Å². The number of anilines is 1. The fraction of sp³-hybridized carbons (Fsp3) is 0.600. The van der Waals surface area contributed by atoms with Gasteiger partial charge in [0, 0.05) is 21.8 Å². The molecule has 0 aliphatic carbocycles. The molecule has 0 aromatic carbocycles. The van der Waals surface area contributed by atoms with Crippen molar-refractivity contribution >= 4 is 41.3 Å². The van der Waals surface area contributed by atoms with Gasteiger partial charge in [0.1, 0.15) is 0 Å². The number of nitrogens with zero attached hydrogens (tertiary/aromatic N) is 4. The standard InChI is InChI=1S/C15H19N5O4S2.Na/c1-5-9-8(6(2)21)12(22)20(9)10(13(23)24)11(5)26-7-3-19-15(25-4-7)17-14(16)18-19;/h5-9,21H,3-4H2,1-2H3,(H2,16,18)(H,23,24);/q;+1/p-1/t5-,6-,7?,8-,9-;/m1./s1. The minimum absolute atomic E-state index is 0. The maximum Gasteiger partial charge on any atom is 1.00 e. The van der Waals surface area contributed by atoms with Crippen LogP contribution in [0.3, 0.4) is 0 Å². The van der Waals surface area contributed by atoms with Crippen LogP contribution in [0.2, 0.25) is 0 Å². The first-order valence-corrected chi connectivity index (χ1v) is 10.1. The quantitative estimate of drug-likeness (QED) is 0.368. The molecule has 1 fully saturated rings. The molecule has 5 atom stereocenters. The van der Waals surface area contributed by atoms with Crippen LogP contribution in [0.25, 0.3) is 0 Å². The number of carbonyl (C=O) groups is 2. The second-order valence-corrected chi connectivity index (χ2v) is 9.07. The van der Waals surface area contributed by atoms with E-state index in [1.165, 1.54) is 28.4 Å². The molecule has 9 nitrogen and oxygen atoms in total. The Balaban J connectivity index is 0.00000210. The number of aliphatic carboxylic acids is 1. The van der Waals surface area contributed by atoms with Crippen molar-refractivity contribution < 1.29 is 49.4 Å². The Kier molecular flexibility index (Phi) is 5.91. The van der Waals surface area contributed by atoms with E-state index in [0.29, 0.717) is 11.4 Å². The van der Waals surface area contributed by atoms with Crippen molar-refractivity contribution in [1.82, 2.24) is 19.7 Å². The fourth-order valence-electron chi connectivity index (χ4n) is 3.90. The number of carboxylic acids is 1. The number of fused-ring (bicyclic) bond motifs is 2. The molecule has 4 heterocycles. The van der Waals surface area contributed by atoms with E-state index in [0.717, 1.165) is 10.9 Å². The van der Waals surface area contributed by atoms with Crippen molar-refractivity contribution in [3.63, 3.8) is 0 Å². The molecule has 1 aromatic heterocycles. The summed E-state index contributed by atoms with van der Waals surface area (Å²) >= 11 is 2.96. The van der Waals surface area contributed by atoms with Gasteiger partial charge in [-0.25, -0.2) is 4.68 Å².